The van der Waals surface area contributed by atoms with Crippen LogP contribution in [0.4, 0.5) is 0 Å². The fraction of sp³-hybridized carbons (Fsp3) is 0.750. The van der Waals surface area contributed by atoms with Gasteiger partial charge in [-0.2, -0.15) is 5.10 Å². The minimum Gasteiger partial charge on any atom is -0.310 e. The van der Waals surface area contributed by atoms with Crippen LogP contribution in [0.3, 0.4) is 0 Å². The smallest absolute Gasteiger partial charge is 0.209 e. The van der Waals surface area contributed by atoms with Crippen molar-refractivity contribution in [3.8, 4) is 0 Å². The molecule has 110 valence electrons. The molecular formula is C12H24N4O2S. The molecule has 0 saturated carbocycles. The molecule has 1 heterocycles. The van der Waals surface area contributed by atoms with Crippen molar-refractivity contribution in [3.05, 3.63) is 17.0 Å². The van der Waals surface area contributed by atoms with Gasteiger partial charge < -0.3 is 5.32 Å². The Morgan fingerprint density at radius 2 is 2.05 bits per heavy atom. The van der Waals surface area contributed by atoms with E-state index in [1.165, 1.54) is 5.56 Å². The van der Waals surface area contributed by atoms with Crippen LogP contribution in [0.25, 0.3) is 0 Å². The number of aryl methyl sites for hydroxylation is 2. The first-order valence-corrected chi connectivity index (χ1v) is 8.25. The summed E-state index contributed by atoms with van der Waals surface area (Å²) < 4.78 is 23.6. The van der Waals surface area contributed by atoms with Crippen molar-refractivity contribution in [1.29, 1.82) is 0 Å². The standard InChI is InChI=1S/C12H24N4O2S/c1-5-16-11(4)12(10(3)15-16)9(2)14-7-6-8-19(13,17)18/h9,14H,5-8H2,1-4H3,(H2,13,17,18). The summed E-state index contributed by atoms with van der Waals surface area (Å²) in [5, 5.41) is 12.8. The highest BCUT2D eigenvalue weighted by Crippen LogP contribution is 2.21. The number of rotatable bonds is 7. The number of hydrogen-bond acceptors (Lipinski definition) is 4. The summed E-state index contributed by atoms with van der Waals surface area (Å²) in [5.74, 6) is 0.0128. The Balaban J connectivity index is 2.59. The molecule has 3 N–H and O–H groups in total. The van der Waals surface area contributed by atoms with E-state index in [1.54, 1.807) is 0 Å². The Bertz CT molecular complexity index is 522. The molecular weight excluding hydrogens is 264 g/mol. The van der Waals surface area contributed by atoms with Gasteiger partial charge in [-0.15, -0.1) is 0 Å². The van der Waals surface area contributed by atoms with Gasteiger partial charge in [0.1, 0.15) is 0 Å². The highest BCUT2D eigenvalue weighted by Gasteiger charge is 2.16. The van der Waals surface area contributed by atoms with Crippen LogP contribution in [0.1, 0.15) is 43.3 Å². The predicted octanol–water partition coefficient (Wildman–Crippen LogP) is 0.849. The Labute approximate surface area is 115 Å². The molecule has 1 aromatic rings. The van der Waals surface area contributed by atoms with Crippen molar-refractivity contribution in [2.45, 2.75) is 46.7 Å². The molecule has 0 fully saturated rings. The molecule has 1 atom stereocenters. The topological polar surface area (TPSA) is 90.0 Å². The lowest BCUT2D eigenvalue weighted by Gasteiger charge is -2.14. The summed E-state index contributed by atoms with van der Waals surface area (Å²) in [6.45, 7) is 9.65. The van der Waals surface area contributed by atoms with Crippen molar-refractivity contribution in [3.63, 3.8) is 0 Å². The van der Waals surface area contributed by atoms with Crippen LogP contribution >= 0.6 is 0 Å². The van der Waals surface area contributed by atoms with E-state index in [4.69, 9.17) is 5.14 Å². The molecule has 1 unspecified atom stereocenters. The molecule has 0 aliphatic heterocycles. The third kappa shape index (κ3) is 4.59. The van der Waals surface area contributed by atoms with E-state index >= 15 is 0 Å². The summed E-state index contributed by atoms with van der Waals surface area (Å²) in [6.07, 6.45) is 0.517. The molecule has 19 heavy (non-hydrogen) atoms. The average molecular weight is 288 g/mol. The molecule has 6 nitrogen and oxygen atoms in total. The Morgan fingerprint density at radius 1 is 1.42 bits per heavy atom. The maximum atomic E-state index is 10.8. The summed E-state index contributed by atoms with van der Waals surface area (Å²) in [7, 11) is -3.36. The molecule has 0 radical (unpaired) electrons. The van der Waals surface area contributed by atoms with Crippen molar-refractivity contribution < 1.29 is 8.42 Å². The Kier molecular flexibility index (Phi) is 5.51. The fourth-order valence-corrected chi connectivity index (χ4v) is 2.89. The number of nitrogens with zero attached hydrogens (tertiary/aromatic N) is 2. The van der Waals surface area contributed by atoms with E-state index in [9.17, 15) is 8.42 Å². The number of nitrogens with one attached hydrogen (secondary N) is 1. The molecule has 0 bridgehead atoms. The monoisotopic (exact) mass is 288 g/mol. The van der Waals surface area contributed by atoms with Crippen LogP contribution in [0, 0.1) is 13.8 Å². The third-order valence-corrected chi connectivity index (χ3v) is 4.08. The maximum Gasteiger partial charge on any atom is 0.209 e. The van der Waals surface area contributed by atoms with Gasteiger partial charge in [-0.1, -0.05) is 0 Å². The molecule has 0 aliphatic carbocycles. The zero-order valence-electron chi connectivity index (χ0n) is 12.1. The van der Waals surface area contributed by atoms with E-state index in [0.717, 1.165) is 17.9 Å². The molecule has 0 aromatic carbocycles. The lowest BCUT2D eigenvalue weighted by atomic mass is 10.1. The third-order valence-electron chi connectivity index (χ3n) is 3.23. The van der Waals surface area contributed by atoms with Crippen LogP contribution in [-0.2, 0) is 16.6 Å². The molecule has 1 aromatic heterocycles. The number of nitrogens with two attached hydrogens (primary N) is 1. The van der Waals surface area contributed by atoms with Crippen molar-refractivity contribution in [2.24, 2.45) is 5.14 Å². The largest absolute Gasteiger partial charge is 0.310 e. The zero-order valence-corrected chi connectivity index (χ0v) is 12.9. The van der Waals surface area contributed by atoms with Gasteiger partial charge in [-0.05, 0) is 40.7 Å². The SMILES string of the molecule is CCn1nc(C)c(C(C)NCCCS(N)(=O)=O)c1C. The second-order valence-corrected chi connectivity index (χ2v) is 6.53. The average Bonchev–Trinajstić information content (AvgIpc) is 2.58. The number of aromatic nitrogens is 2. The van der Waals surface area contributed by atoms with Gasteiger partial charge >= 0.3 is 0 Å². The number of hydrogen-bond donors (Lipinski definition) is 2. The quantitative estimate of drug-likeness (QED) is 0.728. The normalized spacial score (nSPS) is 13.7. The second-order valence-electron chi connectivity index (χ2n) is 4.80. The van der Waals surface area contributed by atoms with Gasteiger partial charge in [0.15, 0.2) is 0 Å². The molecule has 0 aliphatic rings. The summed E-state index contributed by atoms with van der Waals surface area (Å²) in [5.41, 5.74) is 3.37. The summed E-state index contributed by atoms with van der Waals surface area (Å²) in [6, 6.07) is 0.153. The van der Waals surface area contributed by atoms with Crippen molar-refractivity contribution in [2.75, 3.05) is 12.3 Å². The van der Waals surface area contributed by atoms with Crippen LogP contribution in [0.15, 0.2) is 0 Å². The second kappa shape index (κ2) is 6.49. The Hall–Kier alpha value is -0.920. The van der Waals surface area contributed by atoms with Gasteiger partial charge in [0.25, 0.3) is 0 Å². The van der Waals surface area contributed by atoms with Gasteiger partial charge in [0.05, 0.1) is 11.4 Å². The lowest BCUT2D eigenvalue weighted by Crippen LogP contribution is -2.25. The highest BCUT2D eigenvalue weighted by molar-refractivity contribution is 7.89. The zero-order chi connectivity index (χ0) is 14.6. The van der Waals surface area contributed by atoms with E-state index in [-0.39, 0.29) is 11.8 Å². The molecule has 0 spiro atoms. The first kappa shape index (κ1) is 16.1. The summed E-state index contributed by atoms with van der Waals surface area (Å²) in [4.78, 5) is 0. The van der Waals surface area contributed by atoms with Gasteiger partial charge in [0.2, 0.25) is 10.0 Å². The first-order chi connectivity index (χ1) is 8.76. The Morgan fingerprint density at radius 3 is 2.53 bits per heavy atom. The van der Waals surface area contributed by atoms with Crippen molar-refractivity contribution in [1.82, 2.24) is 15.1 Å². The van der Waals surface area contributed by atoms with E-state index in [2.05, 4.69) is 31.2 Å². The molecule has 1 rings (SSSR count). The van der Waals surface area contributed by atoms with Crippen molar-refractivity contribution >= 4 is 10.0 Å². The number of primary sulfonamides is 1. The first-order valence-electron chi connectivity index (χ1n) is 6.54. The highest BCUT2D eigenvalue weighted by atomic mass is 32.2. The van der Waals surface area contributed by atoms with Gasteiger partial charge in [-0.3, -0.25) is 4.68 Å². The summed E-state index contributed by atoms with van der Waals surface area (Å²) >= 11 is 0. The van der Waals surface area contributed by atoms with Crippen LogP contribution < -0.4 is 10.5 Å². The molecule has 0 saturated heterocycles. The van der Waals surface area contributed by atoms with E-state index in [1.807, 2.05) is 11.6 Å². The minimum atomic E-state index is -3.36. The minimum absolute atomic E-state index is 0.0128. The maximum absolute atomic E-state index is 10.8. The molecule has 7 heteroatoms. The van der Waals surface area contributed by atoms with Gasteiger partial charge in [0, 0.05) is 23.8 Å². The van der Waals surface area contributed by atoms with Gasteiger partial charge in [-0.25, -0.2) is 13.6 Å². The number of sulfonamides is 1. The lowest BCUT2D eigenvalue weighted by molar-refractivity contribution is 0.555. The van der Waals surface area contributed by atoms with Crippen LogP contribution in [0.2, 0.25) is 0 Å². The van der Waals surface area contributed by atoms with Crippen LogP contribution in [0.5, 0.6) is 0 Å². The van der Waals surface area contributed by atoms with E-state index < -0.39 is 10.0 Å². The fourth-order valence-electron chi connectivity index (χ4n) is 2.34. The predicted molar refractivity (Wildman–Crippen MR) is 76.4 cm³/mol. The molecule has 0 amide bonds. The van der Waals surface area contributed by atoms with Crippen LogP contribution in [-0.4, -0.2) is 30.5 Å². The van der Waals surface area contributed by atoms with E-state index in [0.29, 0.717) is 13.0 Å².